The van der Waals surface area contributed by atoms with Gasteiger partial charge in [-0.05, 0) is 12.0 Å². The molecule has 110 valence electrons. The van der Waals surface area contributed by atoms with E-state index in [-0.39, 0.29) is 16.7 Å². The van der Waals surface area contributed by atoms with Gasteiger partial charge in [0.2, 0.25) is 11.0 Å². The normalized spacial score (nSPS) is 10.4. The minimum Gasteiger partial charge on any atom is -0.364 e. The van der Waals surface area contributed by atoms with Gasteiger partial charge in [-0.15, -0.1) is 0 Å². The van der Waals surface area contributed by atoms with Crippen LogP contribution < -0.4 is 5.32 Å². The number of nitrogens with one attached hydrogen (secondary N) is 1. The summed E-state index contributed by atoms with van der Waals surface area (Å²) < 4.78 is 0. The second-order valence-electron chi connectivity index (χ2n) is 4.40. The molecule has 0 aliphatic carbocycles. The molecule has 0 bridgehead atoms. The SMILES string of the molecule is CCc1nc(Cl)c([N+](=O)[O-])c(NCCc2ccccc2)n1. The molecule has 1 N–H and O–H groups in total. The molecule has 0 saturated heterocycles. The number of hydrogen-bond donors (Lipinski definition) is 1. The van der Waals surface area contributed by atoms with Crippen LogP contribution in [0.25, 0.3) is 0 Å². The lowest BCUT2D eigenvalue weighted by Crippen LogP contribution is -2.11. The van der Waals surface area contributed by atoms with Crippen LogP contribution >= 0.6 is 11.6 Å². The summed E-state index contributed by atoms with van der Waals surface area (Å²) >= 11 is 5.87. The summed E-state index contributed by atoms with van der Waals surface area (Å²) in [6.45, 7) is 2.40. The Bertz CT molecular complexity index is 634. The second kappa shape index (κ2) is 6.99. The monoisotopic (exact) mass is 306 g/mol. The molecule has 2 rings (SSSR count). The van der Waals surface area contributed by atoms with Crippen molar-refractivity contribution in [3.8, 4) is 0 Å². The second-order valence-corrected chi connectivity index (χ2v) is 4.76. The van der Waals surface area contributed by atoms with Crippen LogP contribution in [-0.2, 0) is 12.8 Å². The molecule has 0 spiro atoms. The van der Waals surface area contributed by atoms with E-state index in [9.17, 15) is 10.1 Å². The third kappa shape index (κ3) is 3.88. The minimum absolute atomic E-state index is 0.130. The van der Waals surface area contributed by atoms with Gasteiger partial charge in [-0.2, -0.15) is 0 Å². The first-order valence-electron chi connectivity index (χ1n) is 6.60. The summed E-state index contributed by atoms with van der Waals surface area (Å²) in [6, 6.07) is 9.85. The van der Waals surface area contributed by atoms with Crippen molar-refractivity contribution < 1.29 is 4.92 Å². The third-order valence-electron chi connectivity index (χ3n) is 2.94. The van der Waals surface area contributed by atoms with Crippen LogP contribution in [0.3, 0.4) is 0 Å². The third-order valence-corrected chi connectivity index (χ3v) is 3.20. The van der Waals surface area contributed by atoms with Crippen LogP contribution in [0.4, 0.5) is 11.5 Å². The number of aromatic nitrogens is 2. The zero-order valence-corrected chi connectivity index (χ0v) is 12.3. The Morgan fingerprint density at radius 1 is 1.29 bits per heavy atom. The number of benzene rings is 1. The van der Waals surface area contributed by atoms with E-state index in [0.717, 1.165) is 12.0 Å². The van der Waals surface area contributed by atoms with Gasteiger partial charge in [0.05, 0.1) is 4.92 Å². The lowest BCUT2D eigenvalue weighted by molar-refractivity contribution is -0.384. The molecule has 21 heavy (non-hydrogen) atoms. The van der Waals surface area contributed by atoms with Gasteiger partial charge in [0.25, 0.3) is 0 Å². The van der Waals surface area contributed by atoms with Crippen LogP contribution in [0.5, 0.6) is 0 Å². The number of nitrogens with zero attached hydrogens (tertiary/aromatic N) is 3. The molecule has 1 heterocycles. The van der Waals surface area contributed by atoms with Crippen LogP contribution in [-0.4, -0.2) is 21.4 Å². The largest absolute Gasteiger partial charge is 0.364 e. The summed E-state index contributed by atoms with van der Waals surface area (Å²) in [5.74, 6) is 0.653. The van der Waals surface area contributed by atoms with Gasteiger partial charge >= 0.3 is 5.69 Å². The standard InChI is InChI=1S/C14H15ClN4O2/c1-2-11-17-13(15)12(19(20)21)14(18-11)16-9-8-10-6-4-3-5-7-10/h3-7H,2,8-9H2,1H3,(H,16,17,18). The van der Waals surface area contributed by atoms with E-state index in [4.69, 9.17) is 11.6 Å². The minimum atomic E-state index is -0.563. The fraction of sp³-hybridized carbons (Fsp3) is 0.286. The predicted molar refractivity (Wildman–Crippen MR) is 81.7 cm³/mol. The van der Waals surface area contributed by atoms with Gasteiger partial charge in [-0.25, -0.2) is 9.97 Å². The first kappa shape index (κ1) is 15.2. The summed E-state index contributed by atoms with van der Waals surface area (Å²) in [4.78, 5) is 18.6. The lowest BCUT2D eigenvalue weighted by Gasteiger charge is -2.08. The average Bonchev–Trinajstić information content (AvgIpc) is 2.47. The van der Waals surface area contributed by atoms with Crippen molar-refractivity contribution in [3.05, 3.63) is 57.0 Å². The zero-order valence-electron chi connectivity index (χ0n) is 11.5. The van der Waals surface area contributed by atoms with Crippen molar-refractivity contribution in [2.45, 2.75) is 19.8 Å². The van der Waals surface area contributed by atoms with Crippen molar-refractivity contribution in [2.24, 2.45) is 0 Å². The maximum Gasteiger partial charge on any atom is 0.348 e. The Balaban J connectivity index is 2.14. The molecule has 6 nitrogen and oxygen atoms in total. The molecular weight excluding hydrogens is 292 g/mol. The van der Waals surface area contributed by atoms with Gasteiger partial charge in [0.1, 0.15) is 5.82 Å². The van der Waals surface area contributed by atoms with E-state index in [0.29, 0.717) is 18.8 Å². The molecule has 0 fully saturated rings. The van der Waals surface area contributed by atoms with E-state index in [1.807, 2.05) is 37.3 Å². The Kier molecular flexibility index (Phi) is 5.05. The molecule has 0 unspecified atom stereocenters. The maximum absolute atomic E-state index is 11.1. The summed E-state index contributed by atoms with van der Waals surface area (Å²) in [5.41, 5.74) is 0.866. The Morgan fingerprint density at radius 3 is 2.62 bits per heavy atom. The first-order valence-corrected chi connectivity index (χ1v) is 6.98. The van der Waals surface area contributed by atoms with Gasteiger partial charge in [0.15, 0.2) is 0 Å². The Morgan fingerprint density at radius 2 is 2.00 bits per heavy atom. The summed E-state index contributed by atoms with van der Waals surface area (Å²) in [5, 5.41) is 13.9. The summed E-state index contributed by atoms with van der Waals surface area (Å²) in [7, 11) is 0. The number of anilines is 1. The van der Waals surface area contributed by atoms with Gasteiger partial charge < -0.3 is 5.32 Å². The van der Waals surface area contributed by atoms with E-state index < -0.39 is 4.92 Å². The molecule has 0 radical (unpaired) electrons. The molecule has 1 aromatic carbocycles. The highest BCUT2D eigenvalue weighted by Gasteiger charge is 2.22. The molecule has 0 atom stereocenters. The van der Waals surface area contributed by atoms with Gasteiger partial charge in [-0.3, -0.25) is 10.1 Å². The zero-order chi connectivity index (χ0) is 15.2. The molecule has 7 heteroatoms. The number of aryl methyl sites for hydroxylation is 1. The average molecular weight is 307 g/mol. The first-order chi connectivity index (χ1) is 10.1. The Labute approximate surface area is 127 Å². The van der Waals surface area contributed by atoms with Crippen molar-refractivity contribution in [3.63, 3.8) is 0 Å². The molecule has 0 saturated carbocycles. The topological polar surface area (TPSA) is 81.0 Å². The van der Waals surface area contributed by atoms with E-state index in [1.54, 1.807) is 0 Å². The highest BCUT2D eigenvalue weighted by molar-refractivity contribution is 6.31. The molecule has 2 aromatic rings. The van der Waals surface area contributed by atoms with Gasteiger partial charge in [0, 0.05) is 13.0 Å². The highest BCUT2D eigenvalue weighted by atomic mass is 35.5. The van der Waals surface area contributed by atoms with Crippen molar-refractivity contribution in [2.75, 3.05) is 11.9 Å². The number of halogens is 1. The van der Waals surface area contributed by atoms with Gasteiger partial charge in [-0.1, -0.05) is 48.9 Å². The highest BCUT2D eigenvalue weighted by Crippen LogP contribution is 2.29. The fourth-order valence-electron chi connectivity index (χ4n) is 1.88. The maximum atomic E-state index is 11.1. The van der Waals surface area contributed by atoms with Crippen molar-refractivity contribution in [1.82, 2.24) is 9.97 Å². The lowest BCUT2D eigenvalue weighted by atomic mass is 10.1. The summed E-state index contributed by atoms with van der Waals surface area (Å²) in [6.07, 6.45) is 1.30. The molecule has 1 aromatic heterocycles. The van der Waals surface area contributed by atoms with Crippen LogP contribution in [0.2, 0.25) is 5.15 Å². The van der Waals surface area contributed by atoms with E-state index in [2.05, 4.69) is 15.3 Å². The quantitative estimate of drug-likeness (QED) is 0.503. The van der Waals surface area contributed by atoms with Crippen LogP contribution in [0.15, 0.2) is 30.3 Å². The smallest absolute Gasteiger partial charge is 0.348 e. The molecule has 0 aliphatic heterocycles. The van der Waals surface area contributed by atoms with Crippen LogP contribution in [0, 0.1) is 10.1 Å². The number of rotatable bonds is 6. The molecular formula is C14H15ClN4O2. The van der Waals surface area contributed by atoms with Crippen LogP contribution in [0.1, 0.15) is 18.3 Å². The van der Waals surface area contributed by atoms with Crippen molar-refractivity contribution >= 4 is 23.1 Å². The molecule has 0 amide bonds. The van der Waals surface area contributed by atoms with E-state index >= 15 is 0 Å². The number of nitro groups is 1. The van der Waals surface area contributed by atoms with Crippen molar-refractivity contribution in [1.29, 1.82) is 0 Å². The molecule has 0 aliphatic rings. The Hall–Kier alpha value is -2.21. The number of hydrogen-bond acceptors (Lipinski definition) is 5. The van der Waals surface area contributed by atoms with E-state index in [1.165, 1.54) is 0 Å². The predicted octanol–water partition coefficient (Wildman–Crippen LogP) is 3.26. The fourth-order valence-corrected chi connectivity index (χ4v) is 2.14.